The standard InChI is InChI=1S/C17H24N2O/c18-16(13-4-2-1-3-5-13)10-17(20)19-11-15-9-12-6-7-14(15)8-12/h1-5,12,14-16H,6-11,18H2,(H,19,20). The Morgan fingerprint density at radius 3 is 2.70 bits per heavy atom. The Balaban J connectivity index is 1.43. The van der Waals surface area contributed by atoms with Crippen LogP contribution in [0.15, 0.2) is 30.3 Å². The van der Waals surface area contributed by atoms with Gasteiger partial charge in [0, 0.05) is 19.0 Å². The van der Waals surface area contributed by atoms with Crippen LogP contribution in [0.25, 0.3) is 0 Å². The molecule has 0 saturated heterocycles. The zero-order valence-electron chi connectivity index (χ0n) is 11.9. The quantitative estimate of drug-likeness (QED) is 0.865. The van der Waals surface area contributed by atoms with Crippen molar-refractivity contribution in [1.29, 1.82) is 0 Å². The van der Waals surface area contributed by atoms with Gasteiger partial charge in [-0.3, -0.25) is 4.79 Å². The van der Waals surface area contributed by atoms with Crippen LogP contribution in [0.4, 0.5) is 0 Å². The van der Waals surface area contributed by atoms with Crippen molar-refractivity contribution in [2.45, 2.75) is 38.1 Å². The average Bonchev–Trinajstić information content (AvgIpc) is 3.08. The molecule has 0 aliphatic heterocycles. The molecule has 4 unspecified atom stereocenters. The Labute approximate surface area is 120 Å². The molecule has 108 valence electrons. The normalized spacial score (nSPS) is 29.4. The van der Waals surface area contributed by atoms with Gasteiger partial charge in [-0.25, -0.2) is 0 Å². The average molecular weight is 272 g/mol. The molecule has 2 aliphatic rings. The van der Waals surface area contributed by atoms with Gasteiger partial charge in [0.25, 0.3) is 0 Å². The van der Waals surface area contributed by atoms with E-state index in [1.807, 2.05) is 30.3 Å². The van der Waals surface area contributed by atoms with Crippen molar-refractivity contribution in [2.24, 2.45) is 23.5 Å². The van der Waals surface area contributed by atoms with E-state index in [-0.39, 0.29) is 11.9 Å². The summed E-state index contributed by atoms with van der Waals surface area (Å²) in [5, 5.41) is 3.09. The smallest absolute Gasteiger partial charge is 0.221 e. The van der Waals surface area contributed by atoms with Crippen molar-refractivity contribution in [3.05, 3.63) is 35.9 Å². The summed E-state index contributed by atoms with van der Waals surface area (Å²) in [4.78, 5) is 12.0. The minimum Gasteiger partial charge on any atom is -0.356 e. The number of carbonyl (C=O) groups is 1. The monoisotopic (exact) mass is 272 g/mol. The maximum Gasteiger partial charge on any atom is 0.221 e. The molecule has 1 aromatic carbocycles. The minimum absolute atomic E-state index is 0.0872. The summed E-state index contributed by atoms with van der Waals surface area (Å²) in [6.45, 7) is 0.849. The summed E-state index contributed by atoms with van der Waals surface area (Å²) in [5.74, 6) is 2.60. The fourth-order valence-corrected chi connectivity index (χ4v) is 3.96. The Kier molecular flexibility index (Phi) is 4.06. The lowest BCUT2D eigenvalue weighted by molar-refractivity contribution is -0.121. The highest BCUT2D eigenvalue weighted by Crippen LogP contribution is 2.47. The summed E-state index contributed by atoms with van der Waals surface area (Å²) < 4.78 is 0. The predicted octanol–water partition coefficient (Wildman–Crippen LogP) is 2.63. The SMILES string of the molecule is NC(CC(=O)NCC1CC2CCC1C2)c1ccccc1. The number of amides is 1. The summed E-state index contributed by atoms with van der Waals surface area (Å²) in [6.07, 6.45) is 5.87. The van der Waals surface area contributed by atoms with Crippen molar-refractivity contribution >= 4 is 5.91 Å². The van der Waals surface area contributed by atoms with Gasteiger partial charge in [0.2, 0.25) is 5.91 Å². The number of nitrogens with two attached hydrogens (primary N) is 1. The van der Waals surface area contributed by atoms with Gasteiger partial charge in [0.1, 0.15) is 0 Å². The van der Waals surface area contributed by atoms with Crippen LogP contribution in [-0.2, 0) is 4.79 Å². The Morgan fingerprint density at radius 2 is 2.05 bits per heavy atom. The number of nitrogens with one attached hydrogen (secondary N) is 1. The molecule has 1 amide bonds. The van der Waals surface area contributed by atoms with Gasteiger partial charge in [-0.1, -0.05) is 36.8 Å². The van der Waals surface area contributed by atoms with Crippen LogP contribution < -0.4 is 11.1 Å². The minimum atomic E-state index is -0.198. The number of hydrogen-bond donors (Lipinski definition) is 2. The molecule has 0 radical (unpaired) electrons. The van der Waals surface area contributed by atoms with Gasteiger partial charge < -0.3 is 11.1 Å². The molecule has 0 heterocycles. The van der Waals surface area contributed by atoms with Crippen LogP contribution in [0.5, 0.6) is 0 Å². The van der Waals surface area contributed by atoms with E-state index in [0.29, 0.717) is 12.3 Å². The maximum absolute atomic E-state index is 12.0. The number of benzene rings is 1. The third-order valence-electron chi connectivity index (χ3n) is 5.08. The van der Waals surface area contributed by atoms with Crippen molar-refractivity contribution < 1.29 is 4.79 Å². The second-order valence-corrected chi connectivity index (χ2v) is 6.46. The van der Waals surface area contributed by atoms with Crippen LogP contribution >= 0.6 is 0 Å². The van der Waals surface area contributed by atoms with E-state index in [9.17, 15) is 4.79 Å². The first kappa shape index (κ1) is 13.6. The largest absolute Gasteiger partial charge is 0.356 e. The molecule has 3 N–H and O–H groups in total. The molecule has 2 fully saturated rings. The lowest BCUT2D eigenvalue weighted by atomic mass is 9.89. The van der Waals surface area contributed by atoms with E-state index in [1.165, 1.54) is 25.7 Å². The molecule has 20 heavy (non-hydrogen) atoms. The third kappa shape index (κ3) is 3.04. The Bertz CT molecular complexity index is 459. The van der Waals surface area contributed by atoms with Crippen molar-refractivity contribution in [1.82, 2.24) is 5.32 Å². The van der Waals surface area contributed by atoms with Gasteiger partial charge in [-0.2, -0.15) is 0 Å². The summed E-state index contributed by atoms with van der Waals surface area (Å²) in [7, 11) is 0. The van der Waals surface area contributed by atoms with Crippen LogP contribution in [0.1, 0.15) is 43.7 Å². The molecule has 1 aromatic rings. The highest BCUT2D eigenvalue weighted by atomic mass is 16.1. The van der Waals surface area contributed by atoms with Gasteiger partial charge >= 0.3 is 0 Å². The number of rotatable bonds is 5. The van der Waals surface area contributed by atoms with Gasteiger partial charge in [-0.05, 0) is 42.6 Å². The molecule has 0 spiro atoms. The topological polar surface area (TPSA) is 55.1 Å². The van der Waals surface area contributed by atoms with E-state index in [1.54, 1.807) is 0 Å². The lowest BCUT2D eigenvalue weighted by Gasteiger charge is -2.22. The molecule has 3 heteroatoms. The molecular formula is C17H24N2O. The zero-order valence-corrected chi connectivity index (χ0v) is 11.9. The lowest BCUT2D eigenvalue weighted by Crippen LogP contribution is -2.33. The fraction of sp³-hybridized carbons (Fsp3) is 0.588. The maximum atomic E-state index is 12.0. The second kappa shape index (κ2) is 5.96. The molecule has 3 rings (SSSR count). The fourth-order valence-electron chi connectivity index (χ4n) is 3.96. The van der Waals surface area contributed by atoms with E-state index < -0.39 is 0 Å². The first-order chi connectivity index (χ1) is 9.72. The number of fused-ring (bicyclic) bond motifs is 2. The van der Waals surface area contributed by atoms with Crippen molar-refractivity contribution in [3.63, 3.8) is 0 Å². The Hall–Kier alpha value is -1.35. The first-order valence-electron chi connectivity index (χ1n) is 7.79. The highest BCUT2D eigenvalue weighted by Gasteiger charge is 2.39. The van der Waals surface area contributed by atoms with Crippen LogP contribution in [0.3, 0.4) is 0 Å². The van der Waals surface area contributed by atoms with E-state index in [2.05, 4.69) is 5.32 Å². The molecule has 3 nitrogen and oxygen atoms in total. The van der Waals surface area contributed by atoms with Crippen molar-refractivity contribution in [2.75, 3.05) is 6.54 Å². The van der Waals surface area contributed by atoms with E-state index in [0.717, 1.165) is 23.9 Å². The number of carbonyl (C=O) groups excluding carboxylic acids is 1. The summed E-state index contributed by atoms with van der Waals surface area (Å²) in [5.41, 5.74) is 7.11. The summed E-state index contributed by atoms with van der Waals surface area (Å²) >= 11 is 0. The van der Waals surface area contributed by atoms with E-state index >= 15 is 0 Å². The molecule has 2 saturated carbocycles. The first-order valence-corrected chi connectivity index (χ1v) is 7.79. The Morgan fingerprint density at radius 1 is 1.25 bits per heavy atom. The van der Waals surface area contributed by atoms with Gasteiger partial charge in [0.05, 0.1) is 0 Å². The molecule has 0 aromatic heterocycles. The van der Waals surface area contributed by atoms with Crippen LogP contribution in [0, 0.1) is 17.8 Å². The zero-order chi connectivity index (χ0) is 13.9. The molecule has 2 aliphatic carbocycles. The predicted molar refractivity (Wildman–Crippen MR) is 79.9 cm³/mol. The second-order valence-electron chi connectivity index (χ2n) is 6.46. The van der Waals surface area contributed by atoms with Crippen LogP contribution in [0.2, 0.25) is 0 Å². The molecule has 4 atom stereocenters. The van der Waals surface area contributed by atoms with Crippen LogP contribution in [-0.4, -0.2) is 12.5 Å². The number of hydrogen-bond acceptors (Lipinski definition) is 2. The van der Waals surface area contributed by atoms with Crippen molar-refractivity contribution in [3.8, 4) is 0 Å². The molecular weight excluding hydrogens is 248 g/mol. The highest BCUT2D eigenvalue weighted by molar-refractivity contribution is 5.76. The van der Waals surface area contributed by atoms with Gasteiger partial charge in [0.15, 0.2) is 0 Å². The van der Waals surface area contributed by atoms with Gasteiger partial charge in [-0.15, -0.1) is 0 Å². The molecule has 2 bridgehead atoms. The third-order valence-corrected chi connectivity index (χ3v) is 5.08. The van der Waals surface area contributed by atoms with E-state index in [4.69, 9.17) is 5.73 Å². The summed E-state index contributed by atoms with van der Waals surface area (Å²) in [6, 6.07) is 9.65.